The second-order valence-electron chi connectivity index (χ2n) is 7.69. The Morgan fingerprint density at radius 1 is 1.06 bits per heavy atom. The second-order valence-corrected chi connectivity index (χ2v) is 9.52. The van der Waals surface area contributed by atoms with Gasteiger partial charge in [0, 0.05) is 6.54 Å². The normalized spacial score (nSPS) is 17.2. The fourth-order valence-electron chi connectivity index (χ4n) is 4.14. The van der Waals surface area contributed by atoms with Crippen molar-refractivity contribution in [2.24, 2.45) is 0 Å². The van der Waals surface area contributed by atoms with Gasteiger partial charge in [-0.15, -0.1) is 0 Å². The molecule has 0 unspecified atom stereocenters. The van der Waals surface area contributed by atoms with Crippen LogP contribution in [0.25, 0.3) is 0 Å². The maximum Gasteiger partial charge on any atom is 0.249 e. The molecule has 8 heteroatoms. The molecular formula is C23H25N3O4S. The van der Waals surface area contributed by atoms with Gasteiger partial charge in [-0.25, -0.2) is 8.42 Å². The van der Waals surface area contributed by atoms with Gasteiger partial charge in [-0.1, -0.05) is 65.8 Å². The maximum absolute atomic E-state index is 13.3. The quantitative estimate of drug-likeness (QED) is 0.636. The molecule has 0 spiro atoms. The zero-order valence-electron chi connectivity index (χ0n) is 17.5. The number of hydrogen-bond donors (Lipinski definition) is 1. The molecule has 1 saturated heterocycles. The number of aromatic nitrogens is 1. The molecule has 7 nitrogen and oxygen atoms in total. The van der Waals surface area contributed by atoms with E-state index < -0.39 is 16.1 Å². The molecule has 0 radical (unpaired) electrons. The van der Waals surface area contributed by atoms with Crippen molar-refractivity contribution >= 4 is 15.9 Å². The van der Waals surface area contributed by atoms with Crippen LogP contribution in [0, 0.1) is 13.8 Å². The Bertz CT molecular complexity index is 1100. The van der Waals surface area contributed by atoms with Gasteiger partial charge in [0.1, 0.15) is 16.6 Å². The Hall–Kier alpha value is -2.97. The first-order valence-electron chi connectivity index (χ1n) is 10.2. The first-order valence-corrected chi connectivity index (χ1v) is 11.7. The molecule has 4 rings (SSSR count). The fraction of sp³-hybridized carbons (Fsp3) is 0.304. The number of sulfonamides is 1. The van der Waals surface area contributed by atoms with E-state index in [0.29, 0.717) is 18.5 Å². The van der Waals surface area contributed by atoms with Crippen LogP contribution in [0.2, 0.25) is 0 Å². The number of carbonyl (C=O) groups excluding carboxylic acids is 1. The summed E-state index contributed by atoms with van der Waals surface area (Å²) >= 11 is 0. The van der Waals surface area contributed by atoms with Crippen molar-refractivity contribution in [2.75, 3.05) is 6.54 Å². The summed E-state index contributed by atoms with van der Waals surface area (Å²) in [5, 5.41) is 6.85. The lowest BCUT2D eigenvalue weighted by Gasteiger charge is -2.26. The molecule has 0 saturated carbocycles. The summed E-state index contributed by atoms with van der Waals surface area (Å²) in [6.45, 7) is 3.44. The van der Waals surface area contributed by atoms with Crippen LogP contribution in [0.5, 0.6) is 0 Å². The number of carbonyl (C=O) groups is 1. The van der Waals surface area contributed by atoms with Gasteiger partial charge in [0.15, 0.2) is 5.76 Å². The molecule has 1 aliphatic rings. The number of nitrogens with zero attached hydrogens (tertiary/aromatic N) is 2. The summed E-state index contributed by atoms with van der Waals surface area (Å²) in [4.78, 5) is 13.4. The number of rotatable bonds is 6. The van der Waals surface area contributed by atoms with Crippen molar-refractivity contribution in [1.29, 1.82) is 0 Å². The molecule has 162 valence electrons. The van der Waals surface area contributed by atoms with Gasteiger partial charge < -0.3 is 9.84 Å². The van der Waals surface area contributed by atoms with Crippen LogP contribution in [0.15, 0.2) is 70.1 Å². The van der Waals surface area contributed by atoms with Gasteiger partial charge in [-0.3, -0.25) is 4.79 Å². The van der Waals surface area contributed by atoms with Crippen LogP contribution < -0.4 is 5.32 Å². The number of benzene rings is 2. The molecule has 1 atom stereocenters. The Balaban J connectivity index is 1.63. The first-order chi connectivity index (χ1) is 14.9. The Kier molecular flexibility index (Phi) is 5.93. The first kappa shape index (κ1) is 21.3. The van der Waals surface area contributed by atoms with E-state index in [0.717, 1.165) is 11.1 Å². The van der Waals surface area contributed by atoms with E-state index in [4.69, 9.17) is 4.52 Å². The summed E-state index contributed by atoms with van der Waals surface area (Å²) in [6.07, 6.45) is 1.08. The minimum Gasteiger partial charge on any atom is -0.360 e. The van der Waals surface area contributed by atoms with Gasteiger partial charge in [-0.2, -0.15) is 4.31 Å². The van der Waals surface area contributed by atoms with Gasteiger partial charge in [0.25, 0.3) is 0 Å². The lowest BCUT2D eigenvalue weighted by Crippen LogP contribution is -2.47. The summed E-state index contributed by atoms with van der Waals surface area (Å²) in [6, 6.07) is 18.1. The van der Waals surface area contributed by atoms with Gasteiger partial charge in [-0.05, 0) is 37.8 Å². The average molecular weight is 440 g/mol. The summed E-state index contributed by atoms with van der Waals surface area (Å²) < 4.78 is 33.0. The third kappa shape index (κ3) is 4.13. The average Bonchev–Trinajstić information content (AvgIpc) is 3.40. The standard InChI is InChI=1S/C23H25N3O4S/c1-16-22(17(2)30-25-16)31(28,29)26-15-9-14-20(26)23(27)24-21(18-10-5-3-6-11-18)19-12-7-4-8-13-19/h3-8,10-13,20-21H,9,14-15H2,1-2H3,(H,24,27)/t20-/m0/s1. The molecular weight excluding hydrogens is 414 g/mol. The zero-order chi connectivity index (χ0) is 22.0. The molecule has 1 N–H and O–H groups in total. The predicted octanol–water partition coefficient (Wildman–Crippen LogP) is 3.35. The Labute approximate surface area is 182 Å². The van der Waals surface area contributed by atoms with Gasteiger partial charge in [0.2, 0.25) is 15.9 Å². The highest BCUT2D eigenvalue weighted by atomic mass is 32.2. The van der Waals surface area contributed by atoms with Crippen LogP contribution in [0.3, 0.4) is 0 Å². The zero-order valence-corrected chi connectivity index (χ0v) is 18.3. The SMILES string of the molecule is Cc1noc(C)c1S(=O)(=O)N1CCC[C@H]1C(=O)NC(c1ccccc1)c1ccccc1. The molecule has 0 bridgehead atoms. The third-order valence-electron chi connectivity index (χ3n) is 5.59. The van der Waals surface area contributed by atoms with Crippen LogP contribution in [-0.4, -0.2) is 36.4 Å². The Morgan fingerprint density at radius 2 is 1.65 bits per heavy atom. The molecule has 2 aromatic carbocycles. The minimum atomic E-state index is -3.90. The van der Waals surface area contributed by atoms with Crippen molar-refractivity contribution < 1.29 is 17.7 Å². The van der Waals surface area contributed by atoms with Crippen LogP contribution >= 0.6 is 0 Å². The van der Waals surface area contributed by atoms with Crippen molar-refractivity contribution in [3.8, 4) is 0 Å². The van der Waals surface area contributed by atoms with Crippen LogP contribution in [0.1, 0.15) is 41.5 Å². The van der Waals surface area contributed by atoms with Crippen molar-refractivity contribution in [3.05, 3.63) is 83.2 Å². The monoisotopic (exact) mass is 439 g/mol. The largest absolute Gasteiger partial charge is 0.360 e. The van der Waals surface area contributed by atoms with Crippen molar-refractivity contribution in [1.82, 2.24) is 14.8 Å². The molecule has 2 heterocycles. The number of hydrogen-bond acceptors (Lipinski definition) is 5. The third-order valence-corrected chi connectivity index (χ3v) is 7.75. The highest BCUT2D eigenvalue weighted by Gasteiger charge is 2.42. The molecule has 31 heavy (non-hydrogen) atoms. The van der Waals surface area contributed by atoms with Gasteiger partial charge >= 0.3 is 0 Å². The lowest BCUT2D eigenvalue weighted by molar-refractivity contribution is -0.124. The van der Waals surface area contributed by atoms with Crippen LogP contribution in [-0.2, 0) is 14.8 Å². The maximum atomic E-state index is 13.3. The van der Waals surface area contributed by atoms with E-state index in [1.165, 1.54) is 4.31 Å². The number of nitrogens with one attached hydrogen (secondary N) is 1. The molecule has 1 aliphatic heterocycles. The van der Waals surface area contributed by atoms with E-state index in [1.54, 1.807) is 13.8 Å². The van der Waals surface area contributed by atoms with E-state index in [1.807, 2.05) is 60.7 Å². The van der Waals surface area contributed by atoms with E-state index in [9.17, 15) is 13.2 Å². The van der Waals surface area contributed by atoms with E-state index in [2.05, 4.69) is 10.5 Å². The molecule has 1 amide bonds. The summed E-state index contributed by atoms with van der Waals surface area (Å²) in [5.74, 6) is -0.0828. The highest BCUT2D eigenvalue weighted by Crippen LogP contribution is 2.31. The molecule has 0 aliphatic carbocycles. The summed E-state index contributed by atoms with van der Waals surface area (Å²) in [7, 11) is -3.90. The van der Waals surface area contributed by atoms with Crippen molar-refractivity contribution in [2.45, 2.75) is 43.7 Å². The van der Waals surface area contributed by atoms with Crippen molar-refractivity contribution in [3.63, 3.8) is 0 Å². The number of amides is 1. The minimum absolute atomic E-state index is 0.0508. The fourth-order valence-corrected chi connectivity index (χ4v) is 6.09. The molecule has 1 aromatic heterocycles. The van der Waals surface area contributed by atoms with E-state index in [-0.39, 0.29) is 29.1 Å². The smallest absolute Gasteiger partial charge is 0.249 e. The van der Waals surface area contributed by atoms with E-state index >= 15 is 0 Å². The number of aryl methyl sites for hydroxylation is 2. The lowest BCUT2D eigenvalue weighted by atomic mass is 9.98. The predicted molar refractivity (Wildman–Crippen MR) is 116 cm³/mol. The highest BCUT2D eigenvalue weighted by molar-refractivity contribution is 7.89. The molecule has 3 aromatic rings. The van der Waals surface area contributed by atoms with Crippen LogP contribution in [0.4, 0.5) is 0 Å². The van der Waals surface area contributed by atoms with Gasteiger partial charge in [0.05, 0.1) is 6.04 Å². The molecule has 1 fully saturated rings. The topological polar surface area (TPSA) is 92.5 Å². The second kappa shape index (κ2) is 8.64. The Morgan fingerprint density at radius 3 is 2.16 bits per heavy atom. The summed E-state index contributed by atoms with van der Waals surface area (Å²) in [5.41, 5.74) is 2.16.